The van der Waals surface area contributed by atoms with Gasteiger partial charge in [-0.05, 0) is 50.5 Å². The molecule has 2 atom stereocenters. The zero-order chi connectivity index (χ0) is 23.5. The highest BCUT2D eigenvalue weighted by Crippen LogP contribution is 2.65. The first kappa shape index (κ1) is 21.1. The van der Waals surface area contributed by atoms with Gasteiger partial charge in [0, 0.05) is 22.7 Å². The molecule has 2 aromatic carbocycles. The first-order valence-electron chi connectivity index (χ1n) is 11.3. The SMILES string of the molecule is C[C@@]12CC[C@@](CCSc3ccccn3)(O1)c1c2c(O)n(-c2ccc(C#N)c3ccccc23)c1O. The van der Waals surface area contributed by atoms with Crippen molar-refractivity contribution in [2.75, 3.05) is 5.75 Å². The van der Waals surface area contributed by atoms with Crippen LogP contribution >= 0.6 is 11.8 Å². The smallest absolute Gasteiger partial charge is 0.205 e. The number of nitriles is 1. The number of rotatable bonds is 5. The zero-order valence-electron chi connectivity index (χ0n) is 18.7. The number of fused-ring (bicyclic) bond motifs is 6. The van der Waals surface area contributed by atoms with E-state index in [-0.39, 0.29) is 11.8 Å². The van der Waals surface area contributed by atoms with E-state index in [0.29, 0.717) is 28.8 Å². The molecule has 2 aliphatic heterocycles. The first-order chi connectivity index (χ1) is 16.5. The molecule has 2 aliphatic rings. The van der Waals surface area contributed by atoms with Gasteiger partial charge < -0.3 is 14.9 Å². The van der Waals surface area contributed by atoms with E-state index in [1.54, 1.807) is 30.1 Å². The molecule has 0 radical (unpaired) electrons. The number of ether oxygens (including phenoxy) is 1. The average molecular weight is 470 g/mol. The van der Waals surface area contributed by atoms with E-state index < -0.39 is 11.2 Å². The number of hydrogen-bond acceptors (Lipinski definition) is 6. The topological polar surface area (TPSA) is 91.3 Å². The van der Waals surface area contributed by atoms with E-state index in [0.717, 1.165) is 34.4 Å². The van der Waals surface area contributed by atoms with Crippen molar-refractivity contribution in [3.05, 3.63) is 77.5 Å². The van der Waals surface area contributed by atoms with Crippen LogP contribution in [0.15, 0.2) is 65.8 Å². The van der Waals surface area contributed by atoms with Gasteiger partial charge in [-0.25, -0.2) is 4.98 Å². The number of aromatic nitrogens is 2. The normalized spacial score (nSPS) is 22.7. The maximum atomic E-state index is 11.5. The molecule has 0 amide bonds. The fraction of sp³-hybridized carbons (Fsp3) is 0.259. The van der Waals surface area contributed by atoms with Gasteiger partial charge in [-0.1, -0.05) is 30.3 Å². The summed E-state index contributed by atoms with van der Waals surface area (Å²) in [5.74, 6) is 0.787. The van der Waals surface area contributed by atoms with Crippen LogP contribution in [0.4, 0.5) is 0 Å². The molecule has 1 saturated heterocycles. The number of pyridine rings is 1. The second-order valence-electron chi connectivity index (χ2n) is 9.12. The summed E-state index contributed by atoms with van der Waals surface area (Å²) in [6.07, 6.45) is 4.04. The summed E-state index contributed by atoms with van der Waals surface area (Å²) in [5, 5.41) is 35.0. The molecular weight excluding hydrogens is 446 g/mol. The molecule has 6 rings (SSSR count). The minimum absolute atomic E-state index is 0.00353. The number of nitrogens with zero attached hydrogens (tertiary/aromatic N) is 3. The summed E-state index contributed by atoms with van der Waals surface area (Å²) in [7, 11) is 0. The molecule has 6 nitrogen and oxygen atoms in total. The number of hydrogen-bond donors (Lipinski definition) is 2. The van der Waals surface area contributed by atoms with E-state index in [1.165, 1.54) is 4.57 Å². The maximum Gasteiger partial charge on any atom is 0.205 e. The van der Waals surface area contributed by atoms with Crippen LogP contribution in [0.1, 0.15) is 42.9 Å². The van der Waals surface area contributed by atoms with Crippen molar-refractivity contribution in [2.45, 2.75) is 42.4 Å². The third-order valence-electron chi connectivity index (χ3n) is 7.19. The summed E-state index contributed by atoms with van der Waals surface area (Å²) < 4.78 is 8.08. The van der Waals surface area contributed by atoms with Crippen LogP contribution < -0.4 is 0 Å². The predicted molar refractivity (Wildman–Crippen MR) is 130 cm³/mol. The van der Waals surface area contributed by atoms with Crippen LogP contribution in [-0.2, 0) is 15.9 Å². The molecule has 34 heavy (non-hydrogen) atoms. The summed E-state index contributed by atoms with van der Waals surface area (Å²) in [5.41, 5.74) is 1.25. The summed E-state index contributed by atoms with van der Waals surface area (Å²) in [6, 6.07) is 19.1. The number of aromatic hydroxyl groups is 2. The second-order valence-corrected chi connectivity index (χ2v) is 10.2. The average Bonchev–Trinajstić information content (AvgIpc) is 3.43. The lowest BCUT2D eigenvalue weighted by atomic mass is 9.78. The number of benzene rings is 2. The minimum Gasteiger partial charge on any atom is -0.494 e. The molecule has 4 aromatic rings. The Balaban J connectivity index is 1.46. The Morgan fingerprint density at radius 3 is 2.56 bits per heavy atom. The van der Waals surface area contributed by atoms with Gasteiger partial charge in [0.05, 0.1) is 39.1 Å². The molecule has 1 fully saturated rings. The minimum atomic E-state index is -0.653. The summed E-state index contributed by atoms with van der Waals surface area (Å²) in [6.45, 7) is 1.99. The standard InChI is InChI=1S/C27H23N3O3S/c1-26-11-12-27(33-26,13-15-34-21-8-4-5-14-29-21)23-22(26)24(31)30(25(23)32)20-10-9-17(16-28)18-6-2-3-7-19(18)20/h2-10,14,31-32H,11-13,15H2,1H3/t26-,27-/m0/s1. The Labute approximate surface area is 201 Å². The van der Waals surface area contributed by atoms with Gasteiger partial charge in [-0.15, -0.1) is 11.8 Å². The van der Waals surface area contributed by atoms with Gasteiger partial charge in [-0.2, -0.15) is 5.26 Å². The van der Waals surface area contributed by atoms with Crippen molar-refractivity contribution in [1.29, 1.82) is 5.26 Å². The summed E-state index contributed by atoms with van der Waals surface area (Å²) in [4.78, 5) is 4.38. The molecule has 170 valence electrons. The molecule has 0 spiro atoms. The van der Waals surface area contributed by atoms with Crippen LogP contribution in [0, 0.1) is 11.3 Å². The molecule has 2 bridgehead atoms. The van der Waals surface area contributed by atoms with Gasteiger partial charge in [0.1, 0.15) is 5.60 Å². The lowest BCUT2D eigenvalue weighted by Gasteiger charge is -2.26. The third kappa shape index (κ3) is 2.89. The largest absolute Gasteiger partial charge is 0.494 e. The van der Waals surface area contributed by atoms with E-state index in [1.807, 2.05) is 49.4 Å². The number of thioether (sulfide) groups is 1. The van der Waals surface area contributed by atoms with Gasteiger partial charge in [0.2, 0.25) is 11.8 Å². The Bertz CT molecular complexity index is 1480. The molecule has 2 N–H and O–H groups in total. The molecule has 0 aliphatic carbocycles. The molecule has 4 heterocycles. The zero-order valence-corrected chi connectivity index (χ0v) is 19.5. The van der Waals surface area contributed by atoms with Gasteiger partial charge in [0.15, 0.2) is 0 Å². The molecule has 0 saturated carbocycles. The monoisotopic (exact) mass is 469 g/mol. The molecule has 2 aromatic heterocycles. The van der Waals surface area contributed by atoms with Crippen LogP contribution in [0.2, 0.25) is 0 Å². The highest BCUT2D eigenvalue weighted by atomic mass is 32.2. The van der Waals surface area contributed by atoms with Crippen molar-refractivity contribution in [3.8, 4) is 23.5 Å². The van der Waals surface area contributed by atoms with Gasteiger partial charge >= 0.3 is 0 Å². The van der Waals surface area contributed by atoms with E-state index >= 15 is 0 Å². The Hall–Kier alpha value is -3.47. The highest BCUT2D eigenvalue weighted by molar-refractivity contribution is 7.99. The lowest BCUT2D eigenvalue weighted by molar-refractivity contribution is -0.0803. The fourth-order valence-corrected chi connectivity index (χ4v) is 6.61. The first-order valence-corrected chi connectivity index (χ1v) is 12.3. The Morgan fingerprint density at radius 1 is 1.03 bits per heavy atom. The second kappa shape index (κ2) is 7.52. The fourth-order valence-electron chi connectivity index (χ4n) is 5.66. The maximum absolute atomic E-state index is 11.5. The summed E-state index contributed by atoms with van der Waals surface area (Å²) >= 11 is 1.66. The Kier molecular flexibility index (Phi) is 4.67. The quantitative estimate of drug-likeness (QED) is 0.363. The van der Waals surface area contributed by atoms with Gasteiger partial charge in [-0.3, -0.25) is 4.57 Å². The van der Waals surface area contributed by atoms with Crippen molar-refractivity contribution in [1.82, 2.24) is 9.55 Å². The van der Waals surface area contributed by atoms with Crippen molar-refractivity contribution in [2.24, 2.45) is 0 Å². The van der Waals surface area contributed by atoms with Gasteiger partial charge in [0.25, 0.3) is 0 Å². The van der Waals surface area contributed by atoms with E-state index in [4.69, 9.17) is 4.74 Å². The third-order valence-corrected chi connectivity index (χ3v) is 8.13. The van der Waals surface area contributed by atoms with Crippen LogP contribution in [-0.4, -0.2) is 25.5 Å². The highest BCUT2D eigenvalue weighted by Gasteiger charge is 2.61. The van der Waals surface area contributed by atoms with Crippen LogP contribution in [0.3, 0.4) is 0 Å². The molecular formula is C27H23N3O3S. The lowest BCUT2D eigenvalue weighted by Crippen LogP contribution is -2.23. The van der Waals surface area contributed by atoms with Crippen LogP contribution in [0.25, 0.3) is 16.5 Å². The van der Waals surface area contributed by atoms with Crippen molar-refractivity contribution in [3.63, 3.8) is 0 Å². The van der Waals surface area contributed by atoms with E-state index in [9.17, 15) is 15.5 Å². The van der Waals surface area contributed by atoms with E-state index in [2.05, 4.69) is 11.1 Å². The molecule has 0 unspecified atom stereocenters. The predicted octanol–water partition coefficient (Wildman–Crippen LogP) is 5.73. The van der Waals surface area contributed by atoms with Crippen molar-refractivity contribution >= 4 is 22.5 Å². The molecule has 7 heteroatoms. The van der Waals surface area contributed by atoms with Crippen molar-refractivity contribution < 1.29 is 14.9 Å². The Morgan fingerprint density at radius 2 is 1.79 bits per heavy atom. The van der Waals surface area contributed by atoms with Crippen LogP contribution in [0.5, 0.6) is 11.8 Å².